The van der Waals surface area contributed by atoms with E-state index in [-0.39, 0.29) is 12.4 Å². The second kappa shape index (κ2) is 5.61. The van der Waals surface area contributed by atoms with Crippen molar-refractivity contribution in [1.29, 1.82) is 0 Å². The fraction of sp³-hybridized carbons (Fsp3) is 0.400. The maximum Gasteiger partial charge on any atom is 0.217 e. The van der Waals surface area contributed by atoms with Crippen molar-refractivity contribution >= 4 is 20.7 Å². The maximum absolute atomic E-state index is 12.4. The van der Waals surface area contributed by atoms with Crippen molar-refractivity contribution in [2.45, 2.75) is 17.4 Å². The molecule has 0 radical (unpaired) electrons. The molecule has 0 spiro atoms. The fourth-order valence-electron chi connectivity index (χ4n) is 2.55. The minimum absolute atomic E-state index is 0.0674. The van der Waals surface area contributed by atoms with E-state index in [0.29, 0.717) is 24.5 Å². The molecule has 1 aliphatic heterocycles. The zero-order chi connectivity index (χ0) is 14.9. The molecular formula is C15H17NO4S. The zero-order valence-electron chi connectivity index (χ0n) is 11.8. The van der Waals surface area contributed by atoms with E-state index < -0.39 is 15.1 Å². The zero-order valence-corrected chi connectivity index (χ0v) is 12.6. The van der Waals surface area contributed by atoms with Crippen molar-refractivity contribution in [2.75, 3.05) is 20.3 Å². The number of hydrogen-bond acceptors (Lipinski definition) is 5. The second-order valence-corrected chi connectivity index (χ2v) is 7.42. The Morgan fingerprint density at radius 3 is 2.90 bits per heavy atom. The van der Waals surface area contributed by atoms with Gasteiger partial charge in [-0.15, -0.1) is 0 Å². The highest BCUT2D eigenvalue weighted by Gasteiger charge is 2.30. The number of rotatable bonds is 4. The smallest absolute Gasteiger partial charge is 0.217 e. The van der Waals surface area contributed by atoms with Gasteiger partial charge in [0.1, 0.15) is 0 Å². The highest BCUT2D eigenvalue weighted by Crippen LogP contribution is 2.26. The Bertz CT molecular complexity index is 751. The summed E-state index contributed by atoms with van der Waals surface area (Å²) in [4.78, 5) is 4.39. The molecule has 5 nitrogen and oxygen atoms in total. The maximum atomic E-state index is 12.4. The molecule has 1 aromatic heterocycles. The van der Waals surface area contributed by atoms with E-state index in [1.54, 1.807) is 0 Å². The van der Waals surface area contributed by atoms with E-state index in [0.717, 1.165) is 10.9 Å². The molecule has 1 unspecified atom stereocenters. The van der Waals surface area contributed by atoms with Crippen LogP contribution in [0.25, 0.3) is 10.9 Å². The van der Waals surface area contributed by atoms with Crippen LogP contribution in [0.4, 0.5) is 0 Å². The minimum Gasteiger partial charge on any atom is -0.481 e. The summed E-state index contributed by atoms with van der Waals surface area (Å²) in [5.41, 5.74) is 1.39. The van der Waals surface area contributed by atoms with Crippen LogP contribution in [0.1, 0.15) is 12.0 Å². The van der Waals surface area contributed by atoms with Gasteiger partial charge >= 0.3 is 0 Å². The average molecular weight is 307 g/mol. The van der Waals surface area contributed by atoms with E-state index in [1.165, 1.54) is 7.11 Å². The second-order valence-electron chi connectivity index (χ2n) is 5.14. The van der Waals surface area contributed by atoms with E-state index in [4.69, 9.17) is 9.47 Å². The lowest BCUT2D eigenvalue weighted by atomic mass is 10.2. The molecule has 1 aliphatic rings. The van der Waals surface area contributed by atoms with Crippen LogP contribution >= 0.6 is 0 Å². The van der Waals surface area contributed by atoms with Gasteiger partial charge in [-0.05, 0) is 18.6 Å². The van der Waals surface area contributed by atoms with Crippen LogP contribution in [0, 0.1) is 0 Å². The summed E-state index contributed by atoms with van der Waals surface area (Å²) < 4.78 is 35.3. The lowest BCUT2D eigenvalue weighted by Crippen LogP contribution is -2.23. The monoisotopic (exact) mass is 307 g/mol. The van der Waals surface area contributed by atoms with Crippen molar-refractivity contribution in [3.63, 3.8) is 0 Å². The molecule has 0 saturated carbocycles. The molecule has 0 N–H and O–H groups in total. The summed E-state index contributed by atoms with van der Waals surface area (Å²) in [6.45, 7) is 0.794. The van der Waals surface area contributed by atoms with Crippen LogP contribution in [-0.2, 0) is 20.3 Å². The normalized spacial score (nSPS) is 19.0. The first-order valence-corrected chi connectivity index (χ1v) is 8.53. The Labute approximate surface area is 123 Å². The van der Waals surface area contributed by atoms with Crippen molar-refractivity contribution in [3.05, 3.63) is 35.9 Å². The standard InChI is InChI=1S/C15H17NO4S/c1-19-15-12(8-11-4-2-3-5-14(11)16-15)10-21(17,18)13-6-7-20-9-13/h2-5,8,13H,6-7,9-10H2,1H3. The third-order valence-corrected chi connectivity index (χ3v) is 5.81. The van der Waals surface area contributed by atoms with Crippen LogP contribution in [0.3, 0.4) is 0 Å². The molecule has 2 heterocycles. The van der Waals surface area contributed by atoms with Gasteiger partial charge in [-0.25, -0.2) is 13.4 Å². The van der Waals surface area contributed by atoms with Crippen molar-refractivity contribution in [3.8, 4) is 5.88 Å². The molecule has 112 valence electrons. The quantitative estimate of drug-likeness (QED) is 0.863. The molecule has 0 amide bonds. The average Bonchev–Trinajstić information content (AvgIpc) is 3.01. The first-order valence-electron chi connectivity index (χ1n) is 6.82. The van der Waals surface area contributed by atoms with Crippen molar-refractivity contribution in [2.24, 2.45) is 0 Å². The molecular weight excluding hydrogens is 290 g/mol. The molecule has 0 aliphatic carbocycles. The van der Waals surface area contributed by atoms with Gasteiger partial charge in [0, 0.05) is 17.6 Å². The molecule has 3 rings (SSSR count). The predicted molar refractivity (Wildman–Crippen MR) is 80.1 cm³/mol. The molecule has 21 heavy (non-hydrogen) atoms. The minimum atomic E-state index is -3.26. The van der Waals surface area contributed by atoms with Gasteiger partial charge in [0.15, 0.2) is 9.84 Å². The number of sulfone groups is 1. The summed E-state index contributed by atoms with van der Waals surface area (Å²) in [6.07, 6.45) is 0.561. The largest absolute Gasteiger partial charge is 0.481 e. The Morgan fingerprint density at radius 1 is 1.38 bits per heavy atom. The summed E-state index contributed by atoms with van der Waals surface area (Å²) in [5.74, 6) is 0.304. The molecule has 1 aromatic carbocycles. The summed E-state index contributed by atoms with van der Waals surface area (Å²) in [6, 6.07) is 9.42. The third-order valence-electron chi connectivity index (χ3n) is 3.71. The van der Waals surface area contributed by atoms with Crippen LogP contribution in [0.2, 0.25) is 0 Å². The SMILES string of the molecule is COc1nc2ccccc2cc1CS(=O)(=O)C1CCOC1. The van der Waals surface area contributed by atoms with Gasteiger partial charge in [-0.3, -0.25) is 0 Å². The van der Waals surface area contributed by atoms with E-state index >= 15 is 0 Å². The van der Waals surface area contributed by atoms with Crippen molar-refractivity contribution < 1.29 is 17.9 Å². The van der Waals surface area contributed by atoms with E-state index in [9.17, 15) is 8.42 Å². The number of fused-ring (bicyclic) bond motifs is 1. The van der Waals surface area contributed by atoms with Crippen LogP contribution in [0.15, 0.2) is 30.3 Å². The van der Waals surface area contributed by atoms with Gasteiger partial charge in [-0.2, -0.15) is 0 Å². The fourth-order valence-corrected chi connectivity index (χ4v) is 4.19. The van der Waals surface area contributed by atoms with Crippen molar-refractivity contribution in [1.82, 2.24) is 4.98 Å². The molecule has 1 fully saturated rings. The summed E-state index contributed by atoms with van der Waals surface area (Å²) in [5, 5.41) is 0.486. The Balaban J connectivity index is 1.99. The lowest BCUT2D eigenvalue weighted by Gasteiger charge is -2.13. The number of hydrogen-bond donors (Lipinski definition) is 0. The Hall–Kier alpha value is -1.66. The van der Waals surface area contributed by atoms with E-state index in [1.807, 2.05) is 30.3 Å². The van der Waals surface area contributed by atoms with Gasteiger partial charge in [-0.1, -0.05) is 18.2 Å². The Kier molecular flexibility index (Phi) is 3.82. The van der Waals surface area contributed by atoms with Crippen LogP contribution < -0.4 is 4.74 Å². The Morgan fingerprint density at radius 2 is 2.19 bits per heavy atom. The number of methoxy groups -OCH3 is 1. The van der Waals surface area contributed by atoms with Gasteiger partial charge in [0.2, 0.25) is 5.88 Å². The molecule has 2 aromatic rings. The first kappa shape index (κ1) is 14.3. The third kappa shape index (κ3) is 2.87. The summed E-state index contributed by atoms with van der Waals surface area (Å²) in [7, 11) is -1.75. The molecule has 6 heteroatoms. The number of nitrogens with zero attached hydrogens (tertiary/aromatic N) is 1. The first-order chi connectivity index (χ1) is 10.1. The lowest BCUT2D eigenvalue weighted by molar-refractivity contribution is 0.198. The summed E-state index contributed by atoms with van der Waals surface area (Å²) >= 11 is 0. The highest BCUT2D eigenvalue weighted by atomic mass is 32.2. The van der Waals surface area contributed by atoms with Gasteiger partial charge in [0.05, 0.1) is 30.2 Å². The van der Waals surface area contributed by atoms with Crippen LogP contribution in [0.5, 0.6) is 5.88 Å². The number of benzene rings is 1. The molecule has 1 saturated heterocycles. The van der Waals surface area contributed by atoms with Gasteiger partial charge in [0.25, 0.3) is 0 Å². The number of aromatic nitrogens is 1. The number of pyridine rings is 1. The number of ether oxygens (including phenoxy) is 2. The predicted octanol–water partition coefficient (Wildman–Crippen LogP) is 1.95. The number of para-hydroxylation sites is 1. The van der Waals surface area contributed by atoms with Crippen LogP contribution in [-0.4, -0.2) is 39.0 Å². The van der Waals surface area contributed by atoms with Gasteiger partial charge < -0.3 is 9.47 Å². The van der Waals surface area contributed by atoms with E-state index in [2.05, 4.69) is 4.98 Å². The highest BCUT2D eigenvalue weighted by molar-refractivity contribution is 7.91. The molecule has 0 bridgehead atoms. The topological polar surface area (TPSA) is 65.5 Å². The molecule has 1 atom stereocenters.